The molecule has 0 radical (unpaired) electrons. The minimum Gasteiger partial charge on any atom is -0.503 e. The summed E-state index contributed by atoms with van der Waals surface area (Å²) in [5.74, 6) is 0.236. The minimum atomic E-state index is -0.496. The van der Waals surface area contributed by atoms with Crippen LogP contribution in [0.1, 0.15) is 11.1 Å². The number of nitrogens with zero attached hydrogens (tertiary/aromatic N) is 1. The number of hydrogen-bond acceptors (Lipinski definition) is 6. The molecule has 0 spiro atoms. The lowest BCUT2D eigenvalue weighted by Crippen LogP contribution is -2.36. The highest BCUT2D eigenvalue weighted by atomic mass is 35.5. The average Bonchev–Trinajstić information content (AvgIpc) is 2.77. The number of carbonyl (C=O) groups excluding carboxylic acids is 1. The van der Waals surface area contributed by atoms with Crippen LogP contribution in [-0.4, -0.2) is 46.5 Å². The van der Waals surface area contributed by atoms with E-state index in [1.165, 1.54) is 20.5 Å². The van der Waals surface area contributed by atoms with Gasteiger partial charge in [0.25, 0.3) is 0 Å². The Labute approximate surface area is 175 Å². The van der Waals surface area contributed by atoms with Crippen LogP contribution in [0.2, 0.25) is 5.02 Å². The molecule has 0 N–H and O–H groups in total. The van der Waals surface area contributed by atoms with Crippen LogP contribution in [0.15, 0.2) is 48.7 Å². The molecule has 7 heteroatoms. The van der Waals surface area contributed by atoms with Crippen molar-refractivity contribution in [3.63, 3.8) is 0 Å². The van der Waals surface area contributed by atoms with Gasteiger partial charge in [0.15, 0.2) is 0 Å². The summed E-state index contributed by atoms with van der Waals surface area (Å²) in [7, 11) is 2.81. The lowest BCUT2D eigenvalue weighted by atomic mass is 10.0. The zero-order valence-electron chi connectivity index (χ0n) is 16.5. The molecule has 0 aliphatic carbocycles. The van der Waals surface area contributed by atoms with Crippen LogP contribution in [0.4, 0.5) is 5.69 Å². The Hall–Kier alpha value is -2.70. The van der Waals surface area contributed by atoms with Crippen molar-refractivity contribution in [3.05, 3.63) is 64.9 Å². The van der Waals surface area contributed by atoms with E-state index >= 15 is 0 Å². The van der Waals surface area contributed by atoms with E-state index < -0.39 is 5.97 Å². The van der Waals surface area contributed by atoms with Gasteiger partial charge < -0.3 is 23.8 Å². The van der Waals surface area contributed by atoms with Crippen LogP contribution in [0, 0.1) is 0 Å². The van der Waals surface area contributed by atoms with Gasteiger partial charge in [0.05, 0.1) is 33.7 Å². The topological polar surface area (TPSA) is 57.2 Å². The van der Waals surface area contributed by atoms with Gasteiger partial charge in [0.2, 0.25) is 0 Å². The highest BCUT2D eigenvalue weighted by molar-refractivity contribution is 6.30. The molecule has 0 aromatic heterocycles. The Balaban J connectivity index is 1.81. The van der Waals surface area contributed by atoms with E-state index in [1.54, 1.807) is 18.2 Å². The maximum atomic E-state index is 12.2. The summed E-state index contributed by atoms with van der Waals surface area (Å²) in [6.07, 6.45) is 1.36. The molecule has 1 aliphatic heterocycles. The molecular formula is C22H24ClNO5. The first-order valence-corrected chi connectivity index (χ1v) is 9.66. The highest BCUT2D eigenvalue weighted by Crippen LogP contribution is 2.27. The van der Waals surface area contributed by atoms with Crippen molar-refractivity contribution in [1.29, 1.82) is 0 Å². The number of ether oxygens (including phenoxy) is 4. The molecule has 0 unspecified atom stereocenters. The molecule has 2 aromatic carbocycles. The zero-order valence-corrected chi connectivity index (χ0v) is 17.3. The lowest BCUT2D eigenvalue weighted by Gasteiger charge is -2.29. The molecule has 0 saturated carbocycles. The third-order valence-electron chi connectivity index (χ3n) is 4.59. The second-order valence-electron chi connectivity index (χ2n) is 6.45. The number of hydrogen-bond donors (Lipinski definition) is 0. The fraction of sp³-hybridized carbons (Fsp3) is 0.318. The zero-order chi connectivity index (χ0) is 20.6. The monoisotopic (exact) mass is 417 g/mol. The number of esters is 1. The molecule has 29 heavy (non-hydrogen) atoms. The predicted octanol–water partition coefficient (Wildman–Crippen LogP) is 3.92. The van der Waals surface area contributed by atoms with E-state index in [9.17, 15) is 4.79 Å². The fourth-order valence-corrected chi connectivity index (χ4v) is 3.34. The number of anilines is 1. The number of rotatable bonds is 7. The summed E-state index contributed by atoms with van der Waals surface area (Å²) in [6.45, 7) is 3.39. The molecular weight excluding hydrogens is 394 g/mol. The summed E-state index contributed by atoms with van der Waals surface area (Å²) in [5, 5.41) is 0.552. The van der Waals surface area contributed by atoms with Crippen LogP contribution < -0.4 is 9.64 Å². The van der Waals surface area contributed by atoms with Gasteiger partial charge in [-0.3, -0.25) is 0 Å². The van der Waals surface area contributed by atoms with Gasteiger partial charge in [0.1, 0.15) is 17.9 Å². The van der Waals surface area contributed by atoms with E-state index in [4.69, 9.17) is 30.5 Å². The maximum Gasteiger partial charge on any atom is 0.341 e. The summed E-state index contributed by atoms with van der Waals surface area (Å²) in [6, 6.07) is 13.2. The maximum absolute atomic E-state index is 12.2. The second kappa shape index (κ2) is 10.2. The van der Waals surface area contributed by atoms with Crippen molar-refractivity contribution in [3.8, 4) is 5.75 Å². The molecule has 0 amide bonds. The lowest BCUT2D eigenvalue weighted by molar-refractivity contribution is -0.133. The number of halogens is 1. The summed E-state index contributed by atoms with van der Waals surface area (Å²) < 4.78 is 21.4. The van der Waals surface area contributed by atoms with E-state index in [1.807, 2.05) is 18.2 Å². The Morgan fingerprint density at radius 2 is 1.97 bits per heavy atom. The number of methoxy groups -OCH3 is 2. The van der Waals surface area contributed by atoms with Crippen LogP contribution in [0.3, 0.4) is 0 Å². The Kier molecular flexibility index (Phi) is 7.38. The van der Waals surface area contributed by atoms with Gasteiger partial charge in [-0.05, 0) is 35.4 Å². The summed E-state index contributed by atoms with van der Waals surface area (Å²) in [5.41, 5.74) is 2.79. The van der Waals surface area contributed by atoms with Crippen molar-refractivity contribution in [1.82, 2.24) is 0 Å². The first kappa shape index (κ1) is 21.0. The van der Waals surface area contributed by atoms with E-state index in [-0.39, 0.29) is 6.61 Å². The van der Waals surface area contributed by atoms with Gasteiger partial charge in [-0.25, -0.2) is 4.79 Å². The van der Waals surface area contributed by atoms with Gasteiger partial charge in [0, 0.05) is 29.9 Å². The molecule has 0 atom stereocenters. The van der Waals surface area contributed by atoms with Crippen molar-refractivity contribution >= 4 is 28.8 Å². The van der Waals surface area contributed by atoms with Gasteiger partial charge in [-0.2, -0.15) is 0 Å². The summed E-state index contributed by atoms with van der Waals surface area (Å²) >= 11 is 6.18. The average molecular weight is 418 g/mol. The SMILES string of the molecule is CO/C=C(/C(=O)OC)c1ccc(Cl)cc1COc1cccc(N2CCOCC2)c1. The molecule has 1 heterocycles. The van der Waals surface area contributed by atoms with Gasteiger partial charge in [-0.1, -0.05) is 23.7 Å². The van der Waals surface area contributed by atoms with Crippen molar-refractivity contribution in [2.24, 2.45) is 0 Å². The normalized spacial score (nSPS) is 14.4. The molecule has 154 valence electrons. The molecule has 6 nitrogen and oxygen atoms in total. The molecule has 3 rings (SSSR count). The van der Waals surface area contributed by atoms with Crippen molar-refractivity contribution in [2.75, 3.05) is 45.4 Å². The first-order chi connectivity index (χ1) is 14.1. The quantitative estimate of drug-likeness (QED) is 0.386. The third-order valence-corrected chi connectivity index (χ3v) is 4.82. The molecule has 1 fully saturated rings. The standard InChI is InChI=1S/C22H24ClNO5/c1-26-15-21(22(25)27-2)20-7-6-17(23)12-16(20)14-29-19-5-3-4-18(13-19)24-8-10-28-11-9-24/h3-7,12-13,15H,8-11,14H2,1-2H3/b21-15+. The van der Waals surface area contributed by atoms with Crippen LogP contribution >= 0.6 is 11.6 Å². The molecule has 0 bridgehead atoms. The van der Waals surface area contributed by atoms with Gasteiger partial charge >= 0.3 is 5.97 Å². The fourth-order valence-electron chi connectivity index (χ4n) is 3.15. The highest BCUT2D eigenvalue weighted by Gasteiger charge is 2.18. The van der Waals surface area contributed by atoms with E-state index in [0.717, 1.165) is 43.3 Å². The molecule has 2 aromatic rings. The van der Waals surface area contributed by atoms with Crippen LogP contribution in [-0.2, 0) is 25.6 Å². The van der Waals surface area contributed by atoms with Crippen LogP contribution in [0.25, 0.3) is 5.57 Å². The van der Waals surface area contributed by atoms with E-state index in [2.05, 4.69) is 11.0 Å². The molecule has 1 saturated heterocycles. The van der Waals surface area contributed by atoms with Crippen molar-refractivity contribution in [2.45, 2.75) is 6.61 Å². The van der Waals surface area contributed by atoms with Crippen LogP contribution in [0.5, 0.6) is 5.75 Å². The minimum absolute atomic E-state index is 0.237. The van der Waals surface area contributed by atoms with E-state index in [0.29, 0.717) is 16.2 Å². The second-order valence-corrected chi connectivity index (χ2v) is 6.88. The predicted molar refractivity (Wildman–Crippen MR) is 112 cm³/mol. The van der Waals surface area contributed by atoms with Gasteiger partial charge in [-0.15, -0.1) is 0 Å². The third kappa shape index (κ3) is 5.43. The van der Waals surface area contributed by atoms with Crippen molar-refractivity contribution < 1.29 is 23.7 Å². The number of morpholine rings is 1. The Morgan fingerprint density at radius 3 is 2.69 bits per heavy atom. The Bertz CT molecular complexity index is 877. The number of carbonyl (C=O) groups is 1. The first-order valence-electron chi connectivity index (χ1n) is 9.28. The smallest absolute Gasteiger partial charge is 0.341 e. The Morgan fingerprint density at radius 1 is 1.17 bits per heavy atom. The largest absolute Gasteiger partial charge is 0.503 e. The molecule has 1 aliphatic rings. The summed E-state index contributed by atoms with van der Waals surface area (Å²) in [4.78, 5) is 14.4. The number of benzene rings is 2.